The van der Waals surface area contributed by atoms with E-state index in [1.165, 1.54) is 4.88 Å². The molecule has 1 fully saturated rings. The van der Waals surface area contributed by atoms with Crippen molar-refractivity contribution in [2.45, 2.75) is 38.5 Å². The minimum Gasteiger partial charge on any atom is -0.355 e. The van der Waals surface area contributed by atoms with E-state index in [1.807, 2.05) is 34.9 Å². The molecule has 130 valence electrons. The van der Waals surface area contributed by atoms with Gasteiger partial charge in [-0.2, -0.15) is 0 Å². The van der Waals surface area contributed by atoms with Crippen LogP contribution in [0, 0.1) is 5.41 Å². The van der Waals surface area contributed by atoms with Gasteiger partial charge in [-0.1, -0.05) is 26.0 Å². The number of thiophene rings is 1. The minimum absolute atomic E-state index is 0.0329. The van der Waals surface area contributed by atoms with Crippen molar-refractivity contribution < 1.29 is 4.79 Å². The summed E-state index contributed by atoms with van der Waals surface area (Å²) >= 11 is 1.68. The first-order chi connectivity index (χ1) is 12.0. The molecule has 1 atom stereocenters. The molecule has 5 nitrogen and oxygen atoms in total. The van der Waals surface area contributed by atoms with Crippen LogP contribution in [0.1, 0.15) is 37.4 Å². The highest BCUT2D eigenvalue weighted by molar-refractivity contribution is 7.10. The van der Waals surface area contributed by atoms with E-state index >= 15 is 0 Å². The zero-order chi connectivity index (χ0) is 17.5. The van der Waals surface area contributed by atoms with Crippen LogP contribution in [0.25, 0.3) is 5.65 Å². The smallest absolute Gasteiger partial charge is 0.232 e. The molecule has 0 aromatic carbocycles. The summed E-state index contributed by atoms with van der Waals surface area (Å²) in [4.78, 5) is 14.1. The lowest BCUT2D eigenvalue weighted by Gasteiger charge is -2.18. The predicted octanol–water partition coefficient (Wildman–Crippen LogP) is 3.21. The zero-order valence-electron chi connectivity index (χ0n) is 14.5. The van der Waals surface area contributed by atoms with Crippen LogP contribution in [0.5, 0.6) is 0 Å². The van der Waals surface area contributed by atoms with Crippen LogP contribution >= 0.6 is 11.3 Å². The van der Waals surface area contributed by atoms with Crippen LogP contribution in [0.4, 0.5) is 0 Å². The third kappa shape index (κ3) is 2.65. The maximum atomic E-state index is 12.9. The highest BCUT2D eigenvalue weighted by atomic mass is 32.1. The van der Waals surface area contributed by atoms with E-state index in [1.54, 1.807) is 11.3 Å². The largest absolute Gasteiger partial charge is 0.355 e. The Labute approximate surface area is 151 Å². The van der Waals surface area contributed by atoms with E-state index in [0.717, 1.165) is 30.7 Å². The highest BCUT2D eigenvalue weighted by Crippen LogP contribution is 2.65. The van der Waals surface area contributed by atoms with Crippen molar-refractivity contribution in [2.75, 3.05) is 6.54 Å². The highest BCUT2D eigenvalue weighted by Gasteiger charge is 2.67. The lowest BCUT2D eigenvalue weighted by atomic mass is 9.93. The number of carbonyl (C=O) groups is 1. The molecule has 4 rings (SSSR count). The average Bonchev–Trinajstić information content (AvgIpc) is 3.03. The number of carbonyl (C=O) groups excluding carboxylic acids is 1. The molecule has 0 radical (unpaired) electrons. The fourth-order valence-corrected chi connectivity index (χ4v) is 4.82. The van der Waals surface area contributed by atoms with Crippen LogP contribution in [0.15, 0.2) is 41.9 Å². The summed E-state index contributed by atoms with van der Waals surface area (Å²) in [6.45, 7) is 5.01. The monoisotopic (exact) mass is 354 g/mol. The van der Waals surface area contributed by atoms with Gasteiger partial charge < -0.3 is 5.32 Å². The zero-order valence-corrected chi connectivity index (χ0v) is 15.3. The van der Waals surface area contributed by atoms with Crippen molar-refractivity contribution in [3.05, 3.63) is 52.6 Å². The minimum atomic E-state index is -0.345. The molecule has 1 amide bonds. The van der Waals surface area contributed by atoms with Crippen molar-refractivity contribution in [1.82, 2.24) is 19.9 Å². The predicted molar refractivity (Wildman–Crippen MR) is 98.7 cm³/mol. The Morgan fingerprint density at radius 3 is 2.84 bits per heavy atom. The van der Waals surface area contributed by atoms with Crippen LogP contribution in [0.2, 0.25) is 0 Å². The summed E-state index contributed by atoms with van der Waals surface area (Å²) in [5, 5.41) is 13.6. The second-order valence-corrected chi connectivity index (χ2v) is 8.30. The van der Waals surface area contributed by atoms with Crippen molar-refractivity contribution in [3.63, 3.8) is 0 Å². The van der Waals surface area contributed by atoms with Crippen LogP contribution < -0.4 is 5.32 Å². The quantitative estimate of drug-likeness (QED) is 0.692. The number of hydrogen-bond acceptors (Lipinski definition) is 4. The van der Waals surface area contributed by atoms with Crippen molar-refractivity contribution in [1.29, 1.82) is 0 Å². The van der Waals surface area contributed by atoms with Gasteiger partial charge >= 0.3 is 0 Å². The summed E-state index contributed by atoms with van der Waals surface area (Å²) in [6.07, 6.45) is 4.53. The number of nitrogens with one attached hydrogen (secondary N) is 1. The molecule has 3 aromatic heterocycles. The van der Waals surface area contributed by atoms with Crippen LogP contribution in [0.3, 0.4) is 0 Å². The van der Waals surface area contributed by atoms with E-state index in [4.69, 9.17) is 0 Å². The molecule has 0 aliphatic heterocycles. The molecule has 3 aromatic rings. The van der Waals surface area contributed by atoms with E-state index < -0.39 is 0 Å². The third-order valence-corrected chi connectivity index (χ3v) is 6.35. The molecular formula is C19H22N4OS. The fourth-order valence-electron chi connectivity index (χ4n) is 3.72. The van der Waals surface area contributed by atoms with Crippen molar-refractivity contribution >= 4 is 22.9 Å². The third-order valence-electron chi connectivity index (χ3n) is 5.31. The number of aryl methyl sites for hydroxylation is 1. The number of rotatable bonds is 6. The van der Waals surface area contributed by atoms with Crippen molar-refractivity contribution in [2.24, 2.45) is 5.41 Å². The number of amides is 1. The van der Waals surface area contributed by atoms with Gasteiger partial charge in [0.25, 0.3) is 0 Å². The van der Waals surface area contributed by atoms with E-state index in [-0.39, 0.29) is 16.7 Å². The van der Waals surface area contributed by atoms with E-state index in [9.17, 15) is 4.79 Å². The Hall–Kier alpha value is -2.21. The van der Waals surface area contributed by atoms with Crippen LogP contribution in [-0.4, -0.2) is 27.0 Å². The lowest BCUT2D eigenvalue weighted by Crippen LogP contribution is -2.37. The Morgan fingerprint density at radius 2 is 2.12 bits per heavy atom. The molecule has 1 aliphatic carbocycles. The Morgan fingerprint density at radius 1 is 1.28 bits per heavy atom. The second-order valence-electron chi connectivity index (χ2n) is 7.35. The molecule has 1 N–H and O–H groups in total. The molecule has 1 aliphatic rings. The van der Waals surface area contributed by atoms with Gasteiger partial charge in [0.2, 0.25) is 5.91 Å². The number of fused-ring (bicyclic) bond motifs is 1. The van der Waals surface area contributed by atoms with Gasteiger partial charge in [-0.05, 0) is 41.8 Å². The summed E-state index contributed by atoms with van der Waals surface area (Å²) in [5.74, 6) is 1.09. The molecule has 3 heterocycles. The van der Waals surface area contributed by atoms with Gasteiger partial charge in [-0.15, -0.1) is 21.5 Å². The molecule has 1 unspecified atom stereocenters. The standard InChI is InChI=1S/C19H22N4OS/c1-18(2)13-19(18,14-7-6-12-25-14)17(24)20-10-5-9-16-22-21-15-8-3-4-11-23(15)16/h3-4,6-8,11-12H,5,9-10,13H2,1-2H3,(H,20,24). The summed E-state index contributed by atoms with van der Waals surface area (Å²) < 4.78 is 2.00. The molecule has 6 heteroatoms. The molecule has 1 saturated carbocycles. The maximum absolute atomic E-state index is 12.9. The molecule has 0 spiro atoms. The summed E-state index contributed by atoms with van der Waals surface area (Å²) in [5.41, 5.74) is 0.548. The van der Waals surface area contributed by atoms with E-state index in [0.29, 0.717) is 6.54 Å². The first-order valence-electron chi connectivity index (χ1n) is 8.65. The molecule has 0 bridgehead atoms. The molecule has 25 heavy (non-hydrogen) atoms. The topological polar surface area (TPSA) is 59.3 Å². The van der Waals surface area contributed by atoms with E-state index in [2.05, 4.69) is 40.8 Å². The van der Waals surface area contributed by atoms with Crippen molar-refractivity contribution in [3.8, 4) is 0 Å². The first-order valence-corrected chi connectivity index (χ1v) is 9.53. The lowest BCUT2D eigenvalue weighted by molar-refractivity contribution is -0.124. The number of nitrogens with zero attached hydrogens (tertiary/aromatic N) is 3. The molecule has 0 saturated heterocycles. The van der Waals surface area contributed by atoms with Gasteiger partial charge in [-0.25, -0.2) is 0 Å². The normalized spacial score (nSPS) is 21.4. The van der Waals surface area contributed by atoms with Gasteiger partial charge in [-0.3, -0.25) is 9.20 Å². The number of pyridine rings is 1. The van der Waals surface area contributed by atoms with Gasteiger partial charge in [0.15, 0.2) is 5.65 Å². The Bertz CT molecular complexity index is 899. The van der Waals surface area contributed by atoms with Gasteiger partial charge in [0.1, 0.15) is 5.82 Å². The summed E-state index contributed by atoms with van der Waals surface area (Å²) in [7, 11) is 0. The Balaban J connectivity index is 1.36. The second kappa shape index (κ2) is 5.95. The van der Waals surface area contributed by atoms with Gasteiger partial charge in [0.05, 0.1) is 5.41 Å². The Kier molecular flexibility index (Phi) is 3.87. The SMILES string of the molecule is CC1(C)CC1(C(=O)NCCCc1nnc2ccccn12)c1cccs1. The number of aromatic nitrogens is 3. The van der Waals surface area contributed by atoms with Gasteiger partial charge in [0, 0.05) is 24.0 Å². The average molecular weight is 354 g/mol. The molecular weight excluding hydrogens is 332 g/mol. The summed E-state index contributed by atoms with van der Waals surface area (Å²) in [6, 6.07) is 9.98. The fraction of sp³-hybridized carbons (Fsp3) is 0.421. The first kappa shape index (κ1) is 16.3. The maximum Gasteiger partial charge on any atom is 0.232 e. The number of hydrogen-bond donors (Lipinski definition) is 1. The van der Waals surface area contributed by atoms with Crippen LogP contribution in [-0.2, 0) is 16.6 Å².